The second kappa shape index (κ2) is 6.00. The highest BCUT2D eigenvalue weighted by atomic mass is 16.1. The molecule has 1 aromatic heterocycles. The predicted octanol–water partition coefficient (Wildman–Crippen LogP) is 2.19. The van der Waals surface area contributed by atoms with Gasteiger partial charge in [-0.1, -0.05) is 6.92 Å². The van der Waals surface area contributed by atoms with Crippen LogP contribution in [0, 0.1) is 11.8 Å². The van der Waals surface area contributed by atoms with Crippen molar-refractivity contribution in [3.63, 3.8) is 0 Å². The monoisotopic (exact) mass is 275 g/mol. The van der Waals surface area contributed by atoms with Gasteiger partial charge in [0.1, 0.15) is 5.69 Å². The summed E-state index contributed by atoms with van der Waals surface area (Å²) in [6.45, 7) is 5.13. The first kappa shape index (κ1) is 13.7. The molecule has 0 bridgehead atoms. The van der Waals surface area contributed by atoms with E-state index in [1.807, 2.05) is 12.1 Å². The van der Waals surface area contributed by atoms with Crippen LogP contribution in [-0.2, 0) is 0 Å². The Morgan fingerprint density at radius 3 is 2.85 bits per heavy atom. The quantitative estimate of drug-likeness (QED) is 0.865. The van der Waals surface area contributed by atoms with Gasteiger partial charge < -0.3 is 15.2 Å². The molecule has 2 N–H and O–H groups in total. The molecule has 1 saturated carbocycles. The Labute approximate surface area is 120 Å². The van der Waals surface area contributed by atoms with Gasteiger partial charge in [0.05, 0.1) is 0 Å². The summed E-state index contributed by atoms with van der Waals surface area (Å²) in [5.41, 5.74) is 0.819. The third-order valence-electron chi connectivity index (χ3n) is 4.72. The molecular formula is C16H25N3O. The summed E-state index contributed by atoms with van der Waals surface area (Å²) >= 11 is 0. The Morgan fingerprint density at radius 2 is 2.15 bits per heavy atom. The summed E-state index contributed by atoms with van der Waals surface area (Å²) in [6, 6.07) is 4.40. The molecule has 1 aliphatic carbocycles. The molecule has 4 heteroatoms. The molecule has 1 atom stereocenters. The molecule has 2 fully saturated rings. The molecule has 1 unspecified atom stereocenters. The smallest absolute Gasteiger partial charge is 0.267 e. The minimum atomic E-state index is 0.0843. The summed E-state index contributed by atoms with van der Waals surface area (Å²) < 4.78 is 2.16. The first-order chi connectivity index (χ1) is 9.75. The van der Waals surface area contributed by atoms with Gasteiger partial charge in [-0.3, -0.25) is 4.79 Å². The maximum absolute atomic E-state index is 12.4. The van der Waals surface area contributed by atoms with Gasteiger partial charge in [0.25, 0.3) is 5.91 Å². The van der Waals surface area contributed by atoms with Crippen LogP contribution in [0.5, 0.6) is 0 Å². The SMILES string of the molecule is CC(CNC(=O)c1cccn1C1CCNCC1)C1CC1. The van der Waals surface area contributed by atoms with Crippen LogP contribution in [0.4, 0.5) is 0 Å². The number of hydrogen-bond acceptors (Lipinski definition) is 2. The molecule has 3 rings (SSSR count). The van der Waals surface area contributed by atoms with Gasteiger partial charge in [-0.05, 0) is 62.7 Å². The highest BCUT2D eigenvalue weighted by Crippen LogP contribution is 2.36. The normalized spacial score (nSPS) is 21.6. The van der Waals surface area contributed by atoms with E-state index >= 15 is 0 Å². The van der Waals surface area contributed by atoms with Gasteiger partial charge in [0, 0.05) is 18.8 Å². The number of hydrogen-bond donors (Lipinski definition) is 2. The Balaban J connectivity index is 1.60. The molecule has 110 valence electrons. The van der Waals surface area contributed by atoms with E-state index in [-0.39, 0.29) is 5.91 Å². The summed E-state index contributed by atoms with van der Waals surface area (Å²) in [5, 5.41) is 6.48. The summed E-state index contributed by atoms with van der Waals surface area (Å²) in [7, 11) is 0. The number of carbonyl (C=O) groups is 1. The summed E-state index contributed by atoms with van der Waals surface area (Å²) in [6.07, 6.45) is 6.93. The fourth-order valence-electron chi connectivity index (χ4n) is 3.17. The summed E-state index contributed by atoms with van der Waals surface area (Å²) in [4.78, 5) is 12.4. The minimum absolute atomic E-state index is 0.0843. The lowest BCUT2D eigenvalue weighted by atomic mass is 10.1. The van der Waals surface area contributed by atoms with Crippen molar-refractivity contribution in [1.82, 2.24) is 15.2 Å². The molecule has 1 aromatic rings. The lowest BCUT2D eigenvalue weighted by Crippen LogP contribution is -2.34. The van der Waals surface area contributed by atoms with E-state index in [9.17, 15) is 4.79 Å². The van der Waals surface area contributed by atoms with E-state index < -0.39 is 0 Å². The molecule has 0 radical (unpaired) electrons. The molecule has 2 aliphatic rings. The average Bonchev–Trinajstić information content (AvgIpc) is 3.22. The van der Waals surface area contributed by atoms with Crippen molar-refractivity contribution in [3.8, 4) is 0 Å². The molecule has 1 saturated heterocycles. The van der Waals surface area contributed by atoms with Crippen LogP contribution >= 0.6 is 0 Å². The number of rotatable bonds is 5. The van der Waals surface area contributed by atoms with E-state index in [0.29, 0.717) is 12.0 Å². The van der Waals surface area contributed by atoms with Crippen molar-refractivity contribution in [2.75, 3.05) is 19.6 Å². The maximum atomic E-state index is 12.4. The lowest BCUT2D eigenvalue weighted by molar-refractivity contribution is 0.0934. The lowest BCUT2D eigenvalue weighted by Gasteiger charge is -2.26. The van der Waals surface area contributed by atoms with Gasteiger partial charge in [-0.15, -0.1) is 0 Å². The Kier molecular flexibility index (Phi) is 4.10. The van der Waals surface area contributed by atoms with E-state index in [0.717, 1.165) is 44.1 Å². The molecule has 20 heavy (non-hydrogen) atoms. The number of nitrogens with zero attached hydrogens (tertiary/aromatic N) is 1. The van der Waals surface area contributed by atoms with Crippen molar-refractivity contribution in [1.29, 1.82) is 0 Å². The van der Waals surface area contributed by atoms with Crippen molar-refractivity contribution >= 4 is 5.91 Å². The highest BCUT2D eigenvalue weighted by molar-refractivity contribution is 5.92. The van der Waals surface area contributed by atoms with E-state index in [4.69, 9.17) is 0 Å². The molecule has 0 spiro atoms. The topological polar surface area (TPSA) is 46.1 Å². The Morgan fingerprint density at radius 1 is 1.40 bits per heavy atom. The molecule has 2 heterocycles. The van der Waals surface area contributed by atoms with Crippen molar-refractivity contribution < 1.29 is 4.79 Å². The maximum Gasteiger partial charge on any atom is 0.267 e. The van der Waals surface area contributed by atoms with Crippen LogP contribution in [-0.4, -0.2) is 30.1 Å². The second-order valence-corrected chi connectivity index (χ2v) is 6.31. The van der Waals surface area contributed by atoms with Gasteiger partial charge >= 0.3 is 0 Å². The molecular weight excluding hydrogens is 250 g/mol. The van der Waals surface area contributed by atoms with Gasteiger partial charge in [-0.2, -0.15) is 0 Å². The number of carbonyl (C=O) groups excluding carboxylic acids is 1. The number of piperidine rings is 1. The standard InChI is InChI=1S/C16H25N3O/c1-12(13-4-5-13)11-18-16(20)15-3-2-10-19(15)14-6-8-17-9-7-14/h2-3,10,12-14,17H,4-9,11H2,1H3,(H,18,20). The fourth-order valence-corrected chi connectivity index (χ4v) is 3.17. The van der Waals surface area contributed by atoms with Crippen molar-refractivity contribution in [2.45, 2.75) is 38.6 Å². The highest BCUT2D eigenvalue weighted by Gasteiger charge is 2.28. The second-order valence-electron chi connectivity index (χ2n) is 6.31. The Bertz CT molecular complexity index is 458. The van der Waals surface area contributed by atoms with Crippen LogP contribution in [0.25, 0.3) is 0 Å². The predicted molar refractivity (Wildman–Crippen MR) is 79.8 cm³/mol. The zero-order chi connectivity index (χ0) is 13.9. The van der Waals surface area contributed by atoms with Gasteiger partial charge in [0.15, 0.2) is 0 Å². The zero-order valence-corrected chi connectivity index (χ0v) is 12.3. The van der Waals surface area contributed by atoms with Crippen molar-refractivity contribution in [2.24, 2.45) is 11.8 Å². The molecule has 1 aliphatic heterocycles. The van der Waals surface area contributed by atoms with E-state index in [1.165, 1.54) is 12.8 Å². The molecule has 1 amide bonds. The fraction of sp³-hybridized carbons (Fsp3) is 0.688. The van der Waals surface area contributed by atoms with E-state index in [1.54, 1.807) is 0 Å². The number of amides is 1. The first-order valence-corrected chi connectivity index (χ1v) is 7.91. The van der Waals surface area contributed by atoms with Crippen molar-refractivity contribution in [3.05, 3.63) is 24.0 Å². The largest absolute Gasteiger partial charge is 0.350 e. The van der Waals surface area contributed by atoms with Gasteiger partial charge in [0.2, 0.25) is 0 Å². The van der Waals surface area contributed by atoms with Crippen LogP contribution in [0.1, 0.15) is 49.1 Å². The minimum Gasteiger partial charge on any atom is -0.350 e. The Hall–Kier alpha value is -1.29. The first-order valence-electron chi connectivity index (χ1n) is 7.91. The van der Waals surface area contributed by atoms with Crippen LogP contribution in [0.3, 0.4) is 0 Å². The third kappa shape index (κ3) is 3.06. The third-order valence-corrected chi connectivity index (χ3v) is 4.72. The average molecular weight is 275 g/mol. The van der Waals surface area contributed by atoms with Crippen LogP contribution in [0.15, 0.2) is 18.3 Å². The van der Waals surface area contributed by atoms with Crippen LogP contribution in [0.2, 0.25) is 0 Å². The number of nitrogens with one attached hydrogen (secondary N) is 2. The van der Waals surface area contributed by atoms with E-state index in [2.05, 4.69) is 28.3 Å². The van der Waals surface area contributed by atoms with Gasteiger partial charge in [-0.25, -0.2) is 0 Å². The zero-order valence-electron chi connectivity index (χ0n) is 12.3. The number of aromatic nitrogens is 1. The summed E-state index contributed by atoms with van der Waals surface area (Å²) in [5.74, 6) is 1.54. The molecule has 4 nitrogen and oxygen atoms in total. The van der Waals surface area contributed by atoms with Crippen LogP contribution < -0.4 is 10.6 Å². The molecule has 0 aromatic carbocycles.